The summed E-state index contributed by atoms with van der Waals surface area (Å²) < 4.78 is 0. The fourth-order valence-electron chi connectivity index (χ4n) is 2.92. The highest BCUT2D eigenvalue weighted by molar-refractivity contribution is 4.50. The molecule has 2 nitrogen and oxygen atoms in total. The van der Waals surface area contributed by atoms with Gasteiger partial charge in [0, 0.05) is 0 Å². The molecule has 0 aliphatic carbocycles. The van der Waals surface area contributed by atoms with Crippen molar-refractivity contribution in [3.63, 3.8) is 0 Å². The summed E-state index contributed by atoms with van der Waals surface area (Å²) in [6, 6.07) is 0. The lowest BCUT2D eigenvalue weighted by Gasteiger charge is -2.03. The van der Waals surface area contributed by atoms with Crippen LogP contribution in [0.3, 0.4) is 0 Å². The fourth-order valence-corrected chi connectivity index (χ4v) is 2.92. The molecule has 0 amide bonds. The molecule has 0 unspecified atom stereocenters. The smallest absolute Gasteiger partial charge is 0.00519 e. The Labute approximate surface area is 134 Å². The SMILES string of the molecule is CNCCCCCCCCCCCCCCCCCCN. The van der Waals surface area contributed by atoms with Crippen LogP contribution in [0.1, 0.15) is 103 Å². The second-order valence-electron chi connectivity index (χ2n) is 6.55. The average Bonchev–Trinajstić information content (AvgIpc) is 2.50. The van der Waals surface area contributed by atoms with Gasteiger partial charge in [-0.2, -0.15) is 0 Å². The first kappa shape index (κ1) is 20.9. The van der Waals surface area contributed by atoms with Crippen LogP contribution in [0.15, 0.2) is 0 Å². The van der Waals surface area contributed by atoms with E-state index in [-0.39, 0.29) is 0 Å². The molecule has 21 heavy (non-hydrogen) atoms. The summed E-state index contributed by atoms with van der Waals surface area (Å²) in [7, 11) is 2.04. The first-order valence-corrected chi connectivity index (χ1v) is 9.76. The Kier molecular flexibility index (Phi) is 19.8. The lowest BCUT2D eigenvalue weighted by atomic mass is 10.0. The van der Waals surface area contributed by atoms with E-state index in [1.807, 2.05) is 7.05 Å². The van der Waals surface area contributed by atoms with Crippen LogP contribution < -0.4 is 11.1 Å². The van der Waals surface area contributed by atoms with Crippen LogP contribution in [0.25, 0.3) is 0 Å². The third-order valence-electron chi connectivity index (χ3n) is 4.38. The summed E-state index contributed by atoms with van der Waals surface area (Å²) in [5.74, 6) is 0. The molecule has 0 saturated carbocycles. The van der Waals surface area contributed by atoms with Crippen LogP contribution >= 0.6 is 0 Å². The van der Waals surface area contributed by atoms with E-state index in [1.165, 1.54) is 109 Å². The molecule has 0 atom stereocenters. The quantitative estimate of drug-likeness (QED) is 0.332. The van der Waals surface area contributed by atoms with Crippen molar-refractivity contribution in [2.75, 3.05) is 20.1 Å². The topological polar surface area (TPSA) is 38.0 Å². The van der Waals surface area contributed by atoms with Crippen molar-refractivity contribution in [2.24, 2.45) is 5.73 Å². The molecule has 0 fully saturated rings. The van der Waals surface area contributed by atoms with Gasteiger partial charge in [-0.25, -0.2) is 0 Å². The van der Waals surface area contributed by atoms with Crippen LogP contribution in [-0.4, -0.2) is 20.1 Å². The molecule has 0 heterocycles. The van der Waals surface area contributed by atoms with Crippen molar-refractivity contribution >= 4 is 0 Å². The third kappa shape index (κ3) is 19.9. The van der Waals surface area contributed by atoms with Gasteiger partial charge in [0.25, 0.3) is 0 Å². The summed E-state index contributed by atoms with van der Waals surface area (Å²) in [6.45, 7) is 2.06. The van der Waals surface area contributed by atoms with Gasteiger partial charge >= 0.3 is 0 Å². The maximum Gasteiger partial charge on any atom is -0.00519 e. The van der Waals surface area contributed by atoms with Crippen molar-refractivity contribution in [3.05, 3.63) is 0 Å². The summed E-state index contributed by atoms with van der Waals surface area (Å²) in [4.78, 5) is 0. The average molecular weight is 299 g/mol. The highest BCUT2D eigenvalue weighted by Gasteiger charge is 1.94. The highest BCUT2D eigenvalue weighted by atomic mass is 14.8. The Hall–Kier alpha value is -0.0800. The van der Waals surface area contributed by atoms with Gasteiger partial charge in [-0.15, -0.1) is 0 Å². The number of unbranched alkanes of at least 4 members (excludes halogenated alkanes) is 15. The second-order valence-corrected chi connectivity index (χ2v) is 6.55. The van der Waals surface area contributed by atoms with Gasteiger partial charge in [-0.1, -0.05) is 89.9 Å². The summed E-state index contributed by atoms with van der Waals surface area (Å²) in [5.41, 5.74) is 5.49. The zero-order valence-corrected chi connectivity index (χ0v) is 14.8. The summed E-state index contributed by atoms with van der Waals surface area (Å²) in [6.07, 6.45) is 22.7. The molecule has 0 saturated heterocycles. The van der Waals surface area contributed by atoms with E-state index in [2.05, 4.69) is 5.32 Å². The molecule has 0 spiro atoms. The number of hydrogen-bond acceptors (Lipinski definition) is 2. The molecule has 128 valence electrons. The molecule has 0 aliphatic rings. The Bertz CT molecular complexity index is 153. The summed E-state index contributed by atoms with van der Waals surface area (Å²) in [5, 5.41) is 3.21. The van der Waals surface area contributed by atoms with Crippen LogP contribution in [0.2, 0.25) is 0 Å². The van der Waals surface area contributed by atoms with E-state index >= 15 is 0 Å². The lowest BCUT2D eigenvalue weighted by molar-refractivity contribution is 0.527. The number of nitrogens with two attached hydrogens (primary N) is 1. The van der Waals surface area contributed by atoms with E-state index < -0.39 is 0 Å². The zero-order chi connectivity index (χ0) is 15.4. The van der Waals surface area contributed by atoms with E-state index in [0.717, 1.165) is 6.54 Å². The Morgan fingerprint density at radius 1 is 0.476 bits per heavy atom. The highest BCUT2D eigenvalue weighted by Crippen LogP contribution is 2.13. The minimum Gasteiger partial charge on any atom is -0.330 e. The normalized spacial score (nSPS) is 11.1. The molecule has 0 aromatic heterocycles. The first-order valence-electron chi connectivity index (χ1n) is 9.76. The number of rotatable bonds is 18. The van der Waals surface area contributed by atoms with E-state index in [1.54, 1.807) is 0 Å². The molecule has 2 heteroatoms. The maximum atomic E-state index is 5.49. The Balaban J connectivity index is 2.90. The van der Waals surface area contributed by atoms with Crippen molar-refractivity contribution in [3.8, 4) is 0 Å². The van der Waals surface area contributed by atoms with Crippen LogP contribution in [-0.2, 0) is 0 Å². The lowest BCUT2D eigenvalue weighted by Crippen LogP contribution is -2.06. The molecule has 0 aromatic carbocycles. The molecule has 0 rings (SSSR count). The molecular weight excluding hydrogens is 256 g/mol. The van der Waals surface area contributed by atoms with Crippen LogP contribution in [0.5, 0.6) is 0 Å². The van der Waals surface area contributed by atoms with Crippen molar-refractivity contribution in [2.45, 2.75) is 103 Å². The predicted molar refractivity (Wildman–Crippen MR) is 96.9 cm³/mol. The second kappa shape index (κ2) is 19.9. The third-order valence-corrected chi connectivity index (χ3v) is 4.38. The zero-order valence-electron chi connectivity index (χ0n) is 14.8. The number of nitrogens with one attached hydrogen (secondary N) is 1. The molecular formula is C19H42N2. The Morgan fingerprint density at radius 2 is 0.762 bits per heavy atom. The van der Waals surface area contributed by atoms with Gasteiger partial charge in [-0.3, -0.25) is 0 Å². The van der Waals surface area contributed by atoms with E-state index in [4.69, 9.17) is 5.73 Å². The van der Waals surface area contributed by atoms with Gasteiger partial charge < -0.3 is 11.1 Å². The number of hydrogen-bond donors (Lipinski definition) is 2. The van der Waals surface area contributed by atoms with Crippen molar-refractivity contribution in [1.82, 2.24) is 5.32 Å². The molecule has 0 aliphatic heterocycles. The van der Waals surface area contributed by atoms with Crippen molar-refractivity contribution < 1.29 is 0 Å². The van der Waals surface area contributed by atoms with Crippen molar-refractivity contribution in [1.29, 1.82) is 0 Å². The van der Waals surface area contributed by atoms with E-state index in [9.17, 15) is 0 Å². The monoisotopic (exact) mass is 298 g/mol. The minimum absolute atomic E-state index is 0.871. The summed E-state index contributed by atoms with van der Waals surface area (Å²) >= 11 is 0. The van der Waals surface area contributed by atoms with Gasteiger partial charge in [0.15, 0.2) is 0 Å². The molecule has 3 N–H and O–H groups in total. The van der Waals surface area contributed by atoms with Gasteiger partial charge in [-0.05, 0) is 33.0 Å². The van der Waals surface area contributed by atoms with Gasteiger partial charge in [0.2, 0.25) is 0 Å². The van der Waals surface area contributed by atoms with Gasteiger partial charge in [0.05, 0.1) is 0 Å². The fraction of sp³-hybridized carbons (Fsp3) is 1.00. The molecule has 0 radical (unpaired) electrons. The minimum atomic E-state index is 0.871. The Morgan fingerprint density at radius 3 is 1.05 bits per heavy atom. The van der Waals surface area contributed by atoms with Crippen LogP contribution in [0.4, 0.5) is 0 Å². The molecule has 0 aromatic rings. The molecule has 0 bridgehead atoms. The van der Waals surface area contributed by atoms with Gasteiger partial charge in [0.1, 0.15) is 0 Å². The van der Waals surface area contributed by atoms with E-state index in [0.29, 0.717) is 0 Å². The standard InChI is InChI=1S/C19H42N2/c1-21-19-17-15-13-11-9-7-5-3-2-4-6-8-10-12-14-16-18-20/h21H,2-20H2,1H3. The predicted octanol–water partition coefficient (Wildman–Crippen LogP) is 5.41. The largest absolute Gasteiger partial charge is 0.330 e. The first-order chi connectivity index (χ1) is 10.4. The van der Waals surface area contributed by atoms with Crippen LogP contribution in [0, 0.1) is 0 Å². The maximum absolute atomic E-state index is 5.49.